The second-order valence-corrected chi connectivity index (χ2v) is 7.92. The van der Waals surface area contributed by atoms with Crippen LogP contribution in [0.5, 0.6) is 0 Å². The Balaban J connectivity index is 1.78. The quantitative estimate of drug-likeness (QED) is 0.685. The molecule has 1 aromatic rings. The van der Waals surface area contributed by atoms with Gasteiger partial charge < -0.3 is 10.2 Å². The van der Waals surface area contributed by atoms with E-state index in [-0.39, 0.29) is 29.7 Å². The normalized spacial score (nSPS) is 17.6. The molecule has 162 valence electrons. The molecule has 0 saturated carbocycles. The van der Waals surface area contributed by atoms with E-state index in [9.17, 15) is 14.0 Å². The molecule has 29 heavy (non-hydrogen) atoms. The summed E-state index contributed by atoms with van der Waals surface area (Å²) in [6.45, 7) is 12.2. The molecular weight excluding hydrogens is 371 g/mol. The van der Waals surface area contributed by atoms with Crippen LogP contribution < -0.4 is 5.32 Å². The first kappa shape index (κ1) is 23.3. The summed E-state index contributed by atoms with van der Waals surface area (Å²) in [6, 6.07) is 6.25. The number of carbonyl (C=O) groups is 2. The van der Waals surface area contributed by atoms with E-state index < -0.39 is 0 Å². The van der Waals surface area contributed by atoms with Crippen molar-refractivity contribution in [1.29, 1.82) is 0 Å². The molecule has 2 amide bonds. The number of anilines is 1. The lowest BCUT2D eigenvalue weighted by atomic mass is 10.1. The standard InChI is InChI=1S/C22H35FN4O2/c1-5-17(3)27(18(4)6-2)22(29)16-26-13-11-25(12-14-26)15-21(28)24-20-9-7-19(23)8-10-20/h7-10,17-18H,5-6,11-16H2,1-4H3,(H,24,28)/t17-,18-/m1/s1. The Kier molecular flexibility index (Phi) is 9.04. The molecule has 0 spiro atoms. The van der Waals surface area contributed by atoms with Crippen molar-refractivity contribution in [2.24, 2.45) is 0 Å². The van der Waals surface area contributed by atoms with Gasteiger partial charge in [-0.05, 0) is 51.0 Å². The minimum absolute atomic E-state index is 0.110. The average molecular weight is 407 g/mol. The van der Waals surface area contributed by atoms with Crippen LogP contribution in [0, 0.1) is 5.82 Å². The number of hydrogen-bond donors (Lipinski definition) is 1. The van der Waals surface area contributed by atoms with Crippen molar-refractivity contribution in [2.45, 2.75) is 52.6 Å². The van der Waals surface area contributed by atoms with Crippen LogP contribution in [0.2, 0.25) is 0 Å². The molecule has 0 unspecified atom stereocenters. The number of benzene rings is 1. The van der Waals surface area contributed by atoms with Crippen molar-refractivity contribution in [3.05, 3.63) is 30.1 Å². The minimum atomic E-state index is -0.325. The van der Waals surface area contributed by atoms with Crippen molar-refractivity contribution >= 4 is 17.5 Å². The highest BCUT2D eigenvalue weighted by Gasteiger charge is 2.27. The van der Waals surface area contributed by atoms with E-state index in [0.717, 1.165) is 39.0 Å². The predicted molar refractivity (Wildman–Crippen MR) is 114 cm³/mol. The highest BCUT2D eigenvalue weighted by molar-refractivity contribution is 5.92. The molecule has 1 fully saturated rings. The summed E-state index contributed by atoms with van der Waals surface area (Å²) in [5.41, 5.74) is 0.593. The predicted octanol–water partition coefficient (Wildman–Crippen LogP) is 2.81. The van der Waals surface area contributed by atoms with Gasteiger partial charge in [-0.15, -0.1) is 0 Å². The van der Waals surface area contributed by atoms with E-state index in [4.69, 9.17) is 0 Å². The maximum Gasteiger partial charge on any atom is 0.238 e. The maximum absolute atomic E-state index is 12.9. The van der Waals surface area contributed by atoms with Crippen molar-refractivity contribution in [2.75, 3.05) is 44.6 Å². The van der Waals surface area contributed by atoms with Crippen LogP contribution >= 0.6 is 0 Å². The molecule has 6 nitrogen and oxygen atoms in total. The first-order chi connectivity index (χ1) is 13.8. The van der Waals surface area contributed by atoms with Gasteiger partial charge in [0.25, 0.3) is 0 Å². The topological polar surface area (TPSA) is 55.9 Å². The van der Waals surface area contributed by atoms with Crippen molar-refractivity contribution in [1.82, 2.24) is 14.7 Å². The summed E-state index contributed by atoms with van der Waals surface area (Å²) >= 11 is 0. The molecule has 0 aromatic heterocycles. The second kappa shape index (κ2) is 11.3. The van der Waals surface area contributed by atoms with Crippen molar-refractivity contribution in [3.63, 3.8) is 0 Å². The van der Waals surface area contributed by atoms with Crippen LogP contribution in [0.1, 0.15) is 40.5 Å². The second-order valence-electron chi connectivity index (χ2n) is 7.92. The Morgan fingerprint density at radius 2 is 1.45 bits per heavy atom. The molecule has 2 atom stereocenters. The molecule has 1 saturated heterocycles. The lowest BCUT2D eigenvalue weighted by Crippen LogP contribution is -2.53. The monoisotopic (exact) mass is 406 g/mol. The van der Waals surface area contributed by atoms with Gasteiger partial charge in [-0.3, -0.25) is 19.4 Å². The van der Waals surface area contributed by atoms with Gasteiger partial charge in [0, 0.05) is 44.0 Å². The summed E-state index contributed by atoms with van der Waals surface area (Å²) in [5.74, 6) is -0.244. The molecule has 1 aliphatic heterocycles. The van der Waals surface area contributed by atoms with E-state index in [0.29, 0.717) is 18.8 Å². The van der Waals surface area contributed by atoms with Crippen LogP contribution in [-0.4, -0.2) is 77.9 Å². The van der Waals surface area contributed by atoms with Crippen LogP contribution in [0.4, 0.5) is 10.1 Å². The number of amides is 2. The zero-order valence-electron chi connectivity index (χ0n) is 18.2. The third-order valence-electron chi connectivity index (χ3n) is 5.74. The lowest BCUT2D eigenvalue weighted by molar-refractivity contribution is -0.137. The van der Waals surface area contributed by atoms with Crippen molar-refractivity contribution in [3.8, 4) is 0 Å². The van der Waals surface area contributed by atoms with Gasteiger partial charge in [-0.2, -0.15) is 0 Å². The van der Waals surface area contributed by atoms with Gasteiger partial charge in [-0.25, -0.2) is 4.39 Å². The molecular formula is C22H35FN4O2. The molecule has 7 heteroatoms. The molecule has 1 N–H and O–H groups in total. The number of carbonyl (C=O) groups excluding carboxylic acids is 2. The number of nitrogens with zero attached hydrogens (tertiary/aromatic N) is 3. The fourth-order valence-electron chi connectivity index (χ4n) is 3.63. The Labute approximate surface area is 174 Å². The van der Waals surface area contributed by atoms with Crippen LogP contribution in [0.15, 0.2) is 24.3 Å². The van der Waals surface area contributed by atoms with Gasteiger partial charge in [0.2, 0.25) is 11.8 Å². The molecule has 0 bridgehead atoms. The molecule has 2 rings (SSSR count). The summed E-state index contributed by atoms with van der Waals surface area (Å²) in [6.07, 6.45) is 1.90. The molecule has 1 heterocycles. The Morgan fingerprint density at radius 1 is 0.966 bits per heavy atom. The Morgan fingerprint density at radius 3 is 1.93 bits per heavy atom. The SMILES string of the molecule is CC[C@@H](C)N(C(=O)CN1CCN(CC(=O)Nc2ccc(F)cc2)CC1)[C@H](C)CC. The summed E-state index contributed by atoms with van der Waals surface area (Å²) < 4.78 is 12.9. The zero-order chi connectivity index (χ0) is 21.4. The smallest absolute Gasteiger partial charge is 0.238 e. The van der Waals surface area contributed by atoms with E-state index in [2.05, 4.69) is 42.8 Å². The highest BCUT2D eigenvalue weighted by atomic mass is 19.1. The largest absolute Gasteiger partial charge is 0.336 e. The van der Waals surface area contributed by atoms with Gasteiger partial charge >= 0.3 is 0 Å². The van der Waals surface area contributed by atoms with Gasteiger partial charge in [0.05, 0.1) is 13.1 Å². The number of nitrogens with one attached hydrogen (secondary N) is 1. The summed E-state index contributed by atoms with van der Waals surface area (Å²) in [7, 11) is 0. The molecule has 1 aliphatic rings. The van der Waals surface area contributed by atoms with Gasteiger partial charge in [0.15, 0.2) is 0 Å². The molecule has 0 radical (unpaired) electrons. The third-order valence-corrected chi connectivity index (χ3v) is 5.74. The van der Waals surface area contributed by atoms with E-state index >= 15 is 0 Å². The van der Waals surface area contributed by atoms with E-state index in [1.54, 1.807) is 12.1 Å². The third kappa shape index (κ3) is 7.08. The fraction of sp³-hybridized carbons (Fsp3) is 0.636. The number of piperazine rings is 1. The molecule has 0 aliphatic carbocycles. The summed E-state index contributed by atoms with van der Waals surface area (Å²) in [5, 5.41) is 2.79. The zero-order valence-corrected chi connectivity index (χ0v) is 18.2. The number of hydrogen-bond acceptors (Lipinski definition) is 4. The van der Waals surface area contributed by atoms with E-state index in [1.807, 2.05) is 4.90 Å². The van der Waals surface area contributed by atoms with Gasteiger partial charge in [0.1, 0.15) is 5.82 Å². The molecule has 1 aromatic carbocycles. The van der Waals surface area contributed by atoms with Crippen LogP contribution in [-0.2, 0) is 9.59 Å². The van der Waals surface area contributed by atoms with Crippen LogP contribution in [0.3, 0.4) is 0 Å². The van der Waals surface area contributed by atoms with Gasteiger partial charge in [-0.1, -0.05) is 13.8 Å². The minimum Gasteiger partial charge on any atom is -0.336 e. The first-order valence-electron chi connectivity index (χ1n) is 10.6. The fourth-order valence-corrected chi connectivity index (χ4v) is 3.63. The maximum atomic E-state index is 12.9. The lowest BCUT2D eigenvalue weighted by Gasteiger charge is -2.38. The Hall–Kier alpha value is -1.99. The average Bonchev–Trinajstić information content (AvgIpc) is 2.71. The highest BCUT2D eigenvalue weighted by Crippen LogP contribution is 2.14. The number of rotatable bonds is 9. The van der Waals surface area contributed by atoms with Crippen LogP contribution in [0.25, 0.3) is 0 Å². The van der Waals surface area contributed by atoms with Crippen molar-refractivity contribution < 1.29 is 14.0 Å². The first-order valence-corrected chi connectivity index (χ1v) is 10.6. The summed E-state index contributed by atoms with van der Waals surface area (Å²) in [4.78, 5) is 31.4. The van der Waals surface area contributed by atoms with E-state index in [1.165, 1.54) is 12.1 Å². The number of halogens is 1. The Bertz CT molecular complexity index is 649.